The minimum Gasteiger partial charge on any atom is -0.445 e. The van der Waals surface area contributed by atoms with Crippen LogP contribution in [0.1, 0.15) is 10.4 Å². The summed E-state index contributed by atoms with van der Waals surface area (Å²) in [5, 5.41) is 5.51. The maximum atomic E-state index is 11.7. The molecule has 0 spiro atoms. The molecule has 1 aromatic rings. The lowest BCUT2D eigenvalue weighted by Crippen LogP contribution is -2.35. The van der Waals surface area contributed by atoms with Crippen molar-refractivity contribution in [3.8, 4) is 0 Å². The number of hydrogen-bond donors (Lipinski definition) is 2. The van der Waals surface area contributed by atoms with Gasteiger partial charge in [0.2, 0.25) is 0 Å². The number of hydrogen-bond acceptors (Lipinski definition) is 3. The van der Waals surface area contributed by atoms with Crippen molar-refractivity contribution in [2.24, 2.45) is 0 Å². The van der Waals surface area contributed by atoms with Gasteiger partial charge in [-0.25, -0.2) is 4.79 Å². The maximum Gasteiger partial charge on any atom is 0.407 e. The van der Waals surface area contributed by atoms with Crippen LogP contribution in [-0.2, 0) is 4.74 Å². The van der Waals surface area contributed by atoms with E-state index in [0.717, 1.165) is 0 Å². The molecule has 0 saturated carbocycles. The van der Waals surface area contributed by atoms with E-state index in [4.69, 9.17) is 16.3 Å². The fraction of sp³-hybridized carbons (Fsp3) is 0.231. The van der Waals surface area contributed by atoms with Crippen molar-refractivity contribution in [1.82, 2.24) is 10.6 Å². The summed E-state index contributed by atoms with van der Waals surface area (Å²) < 4.78 is 4.70. The van der Waals surface area contributed by atoms with Gasteiger partial charge in [0, 0.05) is 13.1 Å². The molecule has 0 aliphatic carbocycles. The van der Waals surface area contributed by atoms with Crippen LogP contribution in [0.25, 0.3) is 0 Å². The third kappa shape index (κ3) is 5.44. The summed E-state index contributed by atoms with van der Waals surface area (Å²) in [5.41, 5.74) is 0.401. The molecule has 6 heteroatoms. The highest BCUT2D eigenvalue weighted by molar-refractivity contribution is 6.33. The average Bonchev–Trinajstić information content (AvgIpc) is 2.41. The molecule has 0 aromatic heterocycles. The van der Waals surface area contributed by atoms with Crippen molar-refractivity contribution < 1.29 is 14.3 Å². The lowest BCUT2D eigenvalue weighted by molar-refractivity contribution is 0.0952. The van der Waals surface area contributed by atoms with Gasteiger partial charge in [-0.05, 0) is 12.1 Å². The number of amides is 2. The number of alkyl carbamates (subject to hydrolysis) is 1. The van der Waals surface area contributed by atoms with Gasteiger partial charge in [0.25, 0.3) is 5.91 Å². The second-order valence-corrected chi connectivity index (χ2v) is 3.96. The highest BCUT2D eigenvalue weighted by Gasteiger charge is 2.08. The summed E-state index contributed by atoms with van der Waals surface area (Å²) in [6.45, 7) is 4.13. The van der Waals surface area contributed by atoms with Gasteiger partial charge in [-0.1, -0.05) is 36.4 Å². The molecule has 0 unspecified atom stereocenters. The highest BCUT2D eigenvalue weighted by Crippen LogP contribution is 2.14. The molecule has 102 valence electrons. The van der Waals surface area contributed by atoms with Crippen LogP contribution in [0.15, 0.2) is 36.9 Å². The fourth-order valence-corrected chi connectivity index (χ4v) is 1.49. The third-order valence-corrected chi connectivity index (χ3v) is 2.46. The second-order valence-electron chi connectivity index (χ2n) is 3.55. The second kappa shape index (κ2) is 8.16. The number of benzene rings is 1. The first kappa shape index (κ1) is 15.0. The van der Waals surface area contributed by atoms with E-state index >= 15 is 0 Å². The number of rotatable bonds is 6. The Labute approximate surface area is 116 Å². The van der Waals surface area contributed by atoms with Crippen LogP contribution in [-0.4, -0.2) is 31.7 Å². The third-order valence-electron chi connectivity index (χ3n) is 2.13. The first-order chi connectivity index (χ1) is 9.15. The lowest BCUT2D eigenvalue weighted by atomic mass is 10.2. The molecular weight excluding hydrogens is 268 g/mol. The molecule has 1 aromatic carbocycles. The summed E-state index contributed by atoms with van der Waals surface area (Å²) in [6.07, 6.45) is 0.922. The van der Waals surface area contributed by atoms with Crippen molar-refractivity contribution >= 4 is 23.6 Å². The molecular formula is C13H15ClN2O3. The summed E-state index contributed by atoms with van der Waals surface area (Å²) in [4.78, 5) is 22.8. The van der Waals surface area contributed by atoms with Gasteiger partial charge < -0.3 is 15.4 Å². The lowest BCUT2D eigenvalue weighted by Gasteiger charge is -2.07. The Kier molecular flexibility index (Phi) is 6.46. The normalized spacial score (nSPS) is 9.53. The number of ether oxygens (including phenoxy) is 1. The van der Waals surface area contributed by atoms with E-state index < -0.39 is 6.09 Å². The van der Waals surface area contributed by atoms with E-state index in [-0.39, 0.29) is 25.6 Å². The molecule has 0 radical (unpaired) electrons. The van der Waals surface area contributed by atoms with Crippen molar-refractivity contribution in [2.45, 2.75) is 0 Å². The molecule has 0 atom stereocenters. The van der Waals surface area contributed by atoms with Crippen LogP contribution >= 0.6 is 11.6 Å². The molecule has 0 bridgehead atoms. The fourth-order valence-electron chi connectivity index (χ4n) is 1.27. The van der Waals surface area contributed by atoms with Crippen molar-refractivity contribution in [2.75, 3.05) is 19.7 Å². The van der Waals surface area contributed by atoms with Crippen molar-refractivity contribution in [1.29, 1.82) is 0 Å². The van der Waals surface area contributed by atoms with E-state index in [0.29, 0.717) is 10.6 Å². The van der Waals surface area contributed by atoms with Gasteiger partial charge in [0.1, 0.15) is 6.61 Å². The molecule has 2 amide bonds. The van der Waals surface area contributed by atoms with E-state index in [1.807, 2.05) is 0 Å². The van der Waals surface area contributed by atoms with Gasteiger partial charge in [-0.15, -0.1) is 0 Å². The molecule has 19 heavy (non-hydrogen) atoms. The van der Waals surface area contributed by atoms with Crippen LogP contribution in [0.5, 0.6) is 0 Å². The Morgan fingerprint density at radius 1 is 1.26 bits per heavy atom. The van der Waals surface area contributed by atoms with E-state index in [2.05, 4.69) is 17.2 Å². The summed E-state index contributed by atoms with van der Waals surface area (Å²) in [7, 11) is 0. The largest absolute Gasteiger partial charge is 0.445 e. The summed E-state index contributed by atoms with van der Waals surface area (Å²) >= 11 is 5.88. The van der Waals surface area contributed by atoms with Crippen LogP contribution < -0.4 is 10.6 Å². The molecule has 0 aliphatic rings. The highest BCUT2D eigenvalue weighted by atomic mass is 35.5. The monoisotopic (exact) mass is 282 g/mol. The molecule has 0 saturated heterocycles. The van der Waals surface area contributed by atoms with E-state index in [1.54, 1.807) is 24.3 Å². The molecule has 5 nitrogen and oxygen atoms in total. The Balaban J connectivity index is 2.26. The maximum absolute atomic E-state index is 11.7. The summed E-state index contributed by atoms with van der Waals surface area (Å²) in [6, 6.07) is 6.74. The van der Waals surface area contributed by atoms with Gasteiger partial charge in [0.05, 0.1) is 10.6 Å². The Morgan fingerprint density at radius 2 is 1.95 bits per heavy atom. The predicted molar refractivity (Wildman–Crippen MR) is 73.3 cm³/mol. The number of carbonyl (C=O) groups is 2. The zero-order chi connectivity index (χ0) is 14.1. The number of carbonyl (C=O) groups excluding carboxylic acids is 2. The quantitative estimate of drug-likeness (QED) is 0.619. The van der Waals surface area contributed by atoms with E-state index in [1.165, 1.54) is 6.08 Å². The first-order valence-electron chi connectivity index (χ1n) is 5.69. The molecule has 0 aliphatic heterocycles. The van der Waals surface area contributed by atoms with Gasteiger partial charge >= 0.3 is 6.09 Å². The van der Waals surface area contributed by atoms with Crippen LogP contribution in [0.4, 0.5) is 4.79 Å². The molecule has 1 rings (SSSR count). The zero-order valence-electron chi connectivity index (χ0n) is 10.3. The predicted octanol–water partition coefficient (Wildman–Crippen LogP) is 1.98. The van der Waals surface area contributed by atoms with Crippen LogP contribution in [0, 0.1) is 0 Å². The van der Waals surface area contributed by atoms with Crippen LogP contribution in [0.3, 0.4) is 0 Å². The first-order valence-corrected chi connectivity index (χ1v) is 6.07. The number of halogens is 1. The number of nitrogens with one attached hydrogen (secondary N) is 2. The van der Waals surface area contributed by atoms with Crippen molar-refractivity contribution in [3.63, 3.8) is 0 Å². The van der Waals surface area contributed by atoms with E-state index in [9.17, 15) is 9.59 Å². The molecule has 0 heterocycles. The molecule has 0 fully saturated rings. The smallest absolute Gasteiger partial charge is 0.407 e. The standard InChI is InChI=1S/C13H15ClN2O3/c1-2-9-19-13(18)16-8-7-15-12(17)10-5-3-4-6-11(10)14/h2-6H,1,7-9H2,(H,15,17)(H,16,18). The SMILES string of the molecule is C=CCOC(=O)NCCNC(=O)c1ccccc1Cl. The van der Waals surface area contributed by atoms with Gasteiger partial charge in [-0.3, -0.25) is 4.79 Å². The van der Waals surface area contributed by atoms with Gasteiger partial charge in [0.15, 0.2) is 0 Å². The molecule has 2 N–H and O–H groups in total. The Morgan fingerprint density at radius 3 is 2.63 bits per heavy atom. The average molecular weight is 283 g/mol. The summed E-state index contributed by atoms with van der Waals surface area (Å²) in [5.74, 6) is -0.285. The Hall–Kier alpha value is -2.01. The van der Waals surface area contributed by atoms with Crippen LogP contribution in [0.2, 0.25) is 5.02 Å². The Bertz CT molecular complexity index is 463. The van der Waals surface area contributed by atoms with Crippen molar-refractivity contribution in [3.05, 3.63) is 47.5 Å². The zero-order valence-corrected chi connectivity index (χ0v) is 11.1. The minimum absolute atomic E-state index is 0.151. The topological polar surface area (TPSA) is 67.4 Å². The minimum atomic E-state index is -0.549. The van der Waals surface area contributed by atoms with Gasteiger partial charge in [-0.2, -0.15) is 0 Å².